The Morgan fingerprint density at radius 3 is 1.58 bits per heavy atom. The maximum absolute atomic E-state index is 2.96. The fraction of sp³-hybridized carbons (Fsp3) is 0.500. The van der Waals surface area contributed by atoms with Crippen LogP contribution in [-0.2, 0) is 20.5 Å². The second-order valence-electron chi connectivity index (χ2n) is 5.35. The summed E-state index contributed by atoms with van der Waals surface area (Å²) in [7, 11) is 4.68. The van der Waals surface area contributed by atoms with Gasteiger partial charge in [0, 0.05) is 0 Å². The van der Waals surface area contributed by atoms with Gasteiger partial charge in [0.05, 0.1) is 0 Å². The first-order chi connectivity index (χ1) is 9.17. The van der Waals surface area contributed by atoms with E-state index in [9.17, 15) is 0 Å². The van der Waals surface area contributed by atoms with Crippen LogP contribution in [0.5, 0.6) is 0 Å². The predicted octanol–water partition coefficient (Wildman–Crippen LogP) is 3.56. The van der Waals surface area contributed by atoms with Crippen molar-refractivity contribution < 1.29 is 20.5 Å². The summed E-state index contributed by atoms with van der Waals surface area (Å²) < 4.78 is 8.84. The summed E-state index contributed by atoms with van der Waals surface area (Å²) in [6.45, 7) is 6.87. The molecule has 0 N–H and O–H groups in total. The van der Waals surface area contributed by atoms with E-state index in [0.717, 1.165) is 25.9 Å². The molecular formula is C16H26HfN2. The Kier molecular flexibility index (Phi) is 5.15. The zero-order chi connectivity index (χ0) is 13.9. The molecular weight excluding hydrogens is 399 g/mol. The third-order valence-electron chi connectivity index (χ3n) is 4.49. The van der Waals surface area contributed by atoms with E-state index in [0.29, 0.717) is 0 Å². The van der Waals surface area contributed by atoms with Crippen LogP contribution in [0.15, 0.2) is 43.1 Å². The molecule has 0 aliphatic heterocycles. The Balaban J connectivity index is 2.50. The van der Waals surface area contributed by atoms with E-state index in [2.05, 4.69) is 70.2 Å². The average molecular weight is 425 g/mol. The molecule has 0 spiro atoms. The summed E-state index contributed by atoms with van der Waals surface area (Å²) >= 11 is -2.96. The summed E-state index contributed by atoms with van der Waals surface area (Å²) in [5, 5.41) is 0. The van der Waals surface area contributed by atoms with Crippen LogP contribution in [0.4, 0.5) is 0 Å². The normalized spacial score (nSPS) is 18.6. The average Bonchev–Trinajstić information content (AvgIpc) is 3.12. The van der Waals surface area contributed by atoms with Gasteiger partial charge in [0.2, 0.25) is 0 Å². The van der Waals surface area contributed by atoms with E-state index in [1.54, 1.807) is 6.66 Å². The van der Waals surface area contributed by atoms with Crippen LogP contribution in [0, 0.1) is 0 Å². The number of hydrogen-bond acceptors (Lipinski definition) is 2. The molecule has 0 unspecified atom stereocenters. The number of hydrogen-bond donors (Lipinski definition) is 0. The van der Waals surface area contributed by atoms with E-state index >= 15 is 0 Å². The van der Waals surface area contributed by atoms with Gasteiger partial charge in [-0.25, -0.2) is 0 Å². The molecule has 0 bridgehead atoms. The molecule has 0 heterocycles. The Bertz CT molecular complexity index is 404. The first-order valence-electron chi connectivity index (χ1n) is 7.32. The summed E-state index contributed by atoms with van der Waals surface area (Å²) in [5.41, 5.74) is 0. The number of allylic oxidation sites excluding steroid dienone is 8. The van der Waals surface area contributed by atoms with Crippen molar-refractivity contribution in [2.45, 2.75) is 26.7 Å². The zero-order valence-corrected chi connectivity index (χ0v) is 16.3. The molecule has 0 fully saturated rings. The van der Waals surface area contributed by atoms with Crippen LogP contribution < -0.4 is 0 Å². The van der Waals surface area contributed by atoms with Crippen molar-refractivity contribution in [1.29, 1.82) is 0 Å². The Morgan fingerprint density at radius 1 is 0.895 bits per heavy atom. The first-order valence-corrected chi connectivity index (χ1v) is 14.1. The van der Waals surface area contributed by atoms with Crippen LogP contribution in [0.3, 0.4) is 0 Å². The van der Waals surface area contributed by atoms with Crippen molar-refractivity contribution in [2.24, 2.45) is 0 Å². The third kappa shape index (κ3) is 2.53. The van der Waals surface area contributed by atoms with Crippen LogP contribution in [0.2, 0.25) is 0 Å². The van der Waals surface area contributed by atoms with Gasteiger partial charge in [-0.15, -0.1) is 0 Å². The Morgan fingerprint density at radius 2 is 1.32 bits per heavy atom. The molecule has 2 aliphatic rings. The SMILES string of the molecule is CC[N](C)[Hf]([C]1=CC=CC1)([C]1=CC=CC1)[N](C)CC. The fourth-order valence-corrected chi connectivity index (χ4v) is 22.5. The van der Waals surface area contributed by atoms with E-state index < -0.39 is 20.5 Å². The van der Waals surface area contributed by atoms with Gasteiger partial charge in [-0.2, -0.15) is 0 Å². The van der Waals surface area contributed by atoms with Crippen LogP contribution in [0.1, 0.15) is 26.7 Å². The molecule has 0 saturated carbocycles. The molecule has 3 heteroatoms. The van der Waals surface area contributed by atoms with Gasteiger partial charge in [-0.1, -0.05) is 0 Å². The molecule has 2 nitrogen and oxygen atoms in total. The molecule has 104 valence electrons. The number of nitrogens with zero attached hydrogens (tertiary/aromatic N) is 2. The van der Waals surface area contributed by atoms with Crippen LogP contribution >= 0.6 is 0 Å². The van der Waals surface area contributed by atoms with Crippen LogP contribution in [0.25, 0.3) is 0 Å². The van der Waals surface area contributed by atoms with Crippen LogP contribution in [-0.4, -0.2) is 33.0 Å². The van der Waals surface area contributed by atoms with E-state index in [1.165, 1.54) is 0 Å². The third-order valence-corrected chi connectivity index (χ3v) is 23.8. The summed E-state index contributed by atoms with van der Waals surface area (Å²) in [4.78, 5) is 0. The Labute approximate surface area is 123 Å². The number of rotatable bonds is 6. The fourth-order valence-electron chi connectivity index (χ4n) is 3.35. The van der Waals surface area contributed by atoms with Crippen molar-refractivity contribution in [3.63, 3.8) is 0 Å². The van der Waals surface area contributed by atoms with Gasteiger partial charge < -0.3 is 0 Å². The molecule has 0 aromatic heterocycles. The molecule has 0 aromatic carbocycles. The second kappa shape index (κ2) is 6.47. The molecule has 2 rings (SSSR count). The molecule has 2 aliphatic carbocycles. The minimum atomic E-state index is -2.96. The van der Waals surface area contributed by atoms with Crippen molar-refractivity contribution in [1.82, 2.24) is 5.78 Å². The molecule has 0 saturated heterocycles. The van der Waals surface area contributed by atoms with E-state index in [4.69, 9.17) is 0 Å². The monoisotopic (exact) mass is 426 g/mol. The maximum atomic E-state index is 2.70. The summed E-state index contributed by atoms with van der Waals surface area (Å²) in [6.07, 6.45) is 16.3. The quantitative estimate of drug-likeness (QED) is 0.602. The van der Waals surface area contributed by atoms with Gasteiger partial charge in [0.25, 0.3) is 0 Å². The molecule has 19 heavy (non-hydrogen) atoms. The Hall–Kier alpha value is -0.250. The van der Waals surface area contributed by atoms with Gasteiger partial charge in [-0.05, 0) is 0 Å². The predicted molar refractivity (Wildman–Crippen MR) is 80.3 cm³/mol. The summed E-state index contributed by atoms with van der Waals surface area (Å²) in [5.74, 6) is 0. The van der Waals surface area contributed by atoms with Gasteiger partial charge in [0.15, 0.2) is 0 Å². The van der Waals surface area contributed by atoms with Crippen molar-refractivity contribution in [3.05, 3.63) is 43.1 Å². The van der Waals surface area contributed by atoms with Crippen molar-refractivity contribution in [2.75, 3.05) is 27.2 Å². The van der Waals surface area contributed by atoms with Gasteiger partial charge in [-0.3, -0.25) is 0 Å². The van der Waals surface area contributed by atoms with Gasteiger partial charge in [0.1, 0.15) is 0 Å². The topological polar surface area (TPSA) is 6.48 Å². The zero-order valence-electron chi connectivity index (χ0n) is 12.7. The van der Waals surface area contributed by atoms with E-state index in [-0.39, 0.29) is 0 Å². The molecule has 0 amide bonds. The van der Waals surface area contributed by atoms with Gasteiger partial charge >= 0.3 is 123 Å². The van der Waals surface area contributed by atoms with E-state index in [1.807, 2.05) is 0 Å². The molecule has 0 atom stereocenters. The second-order valence-corrected chi connectivity index (χ2v) is 20.3. The molecule has 0 radical (unpaired) electrons. The molecule has 0 aromatic rings. The summed E-state index contributed by atoms with van der Waals surface area (Å²) in [6, 6.07) is 0. The standard InChI is InChI=1S/2C5H5.2C3H8N.Hf/c2*1-2-4-5-3-1;2*1-3-4-2;/h2*1-3H,4H2;2*3H2,1-2H3;/q;;2*-1;+2. The first kappa shape index (κ1) is 15.1. The minimum absolute atomic E-state index is 1.14. The van der Waals surface area contributed by atoms with Crippen molar-refractivity contribution in [3.8, 4) is 0 Å². The van der Waals surface area contributed by atoms with Crippen molar-refractivity contribution >= 4 is 0 Å².